The van der Waals surface area contributed by atoms with Crippen LogP contribution in [0.4, 0.5) is 23.7 Å². The zero-order valence-corrected chi connectivity index (χ0v) is 15.6. The van der Waals surface area contributed by atoms with Crippen LogP contribution in [0.1, 0.15) is 24.0 Å². The standard InChI is InChI=1S/C19H22F3N3OS/c20-19(21,22)16-3-1-2-4-17(16)24-18(26)23-11-14-5-8-25(9-6-14)12-15-7-10-27-13-15/h1-4,7,10,13-14H,5-6,8-9,11-12H2,(H2,23,24,26). The van der Waals surface area contributed by atoms with Gasteiger partial charge in [0.05, 0.1) is 11.3 Å². The normalized spacial score (nSPS) is 16.3. The van der Waals surface area contributed by atoms with Gasteiger partial charge in [0.15, 0.2) is 0 Å². The van der Waals surface area contributed by atoms with Crippen molar-refractivity contribution < 1.29 is 18.0 Å². The molecule has 8 heteroatoms. The average Bonchev–Trinajstić information content (AvgIpc) is 3.14. The molecule has 1 aromatic heterocycles. The van der Waals surface area contributed by atoms with Crippen molar-refractivity contribution in [2.24, 2.45) is 5.92 Å². The molecular weight excluding hydrogens is 375 g/mol. The van der Waals surface area contributed by atoms with E-state index < -0.39 is 17.8 Å². The topological polar surface area (TPSA) is 44.4 Å². The lowest BCUT2D eigenvalue weighted by Crippen LogP contribution is -2.39. The van der Waals surface area contributed by atoms with Crippen LogP contribution in [0.5, 0.6) is 0 Å². The minimum absolute atomic E-state index is 0.229. The molecular formula is C19H22F3N3OS. The molecule has 1 aliphatic rings. The number of thiophene rings is 1. The van der Waals surface area contributed by atoms with Gasteiger partial charge < -0.3 is 10.6 Å². The van der Waals surface area contributed by atoms with Crippen molar-refractivity contribution in [2.75, 3.05) is 25.0 Å². The van der Waals surface area contributed by atoms with Crippen LogP contribution >= 0.6 is 11.3 Å². The van der Waals surface area contributed by atoms with Crippen molar-refractivity contribution in [3.05, 3.63) is 52.2 Å². The number of para-hydroxylation sites is 1. The Kier molecular flexibility index (Phi) is 6.38. The van der Waals surface area contributed by atoms with Crippen LogP contribution in [0, 0.1) is 5.92 Å². The van der Waals surface area contributed by atoms with Crippen molar-refractivity contribution >= 4 is 23.1 Å². The third-order valence-corrected chi connectivity index (χ3v) is 5.46. The van der Waals surface area contributed by atoms with Gasteiger partial charge in [-0.05, 0) is 66.4 Å². The van der Waals surface area contributed by atoms with E-state index in [0.29, 0.717) is 12.5 Å². The molecule has 0 spiro atoms. The molecule has 0 radical (unpaired) electrons. The number of rotatable bonds is 5. The molecule has 0 aliphatic carbocycles. The summed E-state index contributed by atoms with van der Waals surface area (Å²) in [5, 5.41) is 9.24. The Hall–Kier alpha value is -2.06. The highest BCUT2D eigenvalue weighted by Crippen LogP contribution is 2.34. The summed E-state index contributed by atoms with van der Waals surface area (Å²) in [4.78, 5) is 14.4. The second kappa shape index (κ2) is 8.75. The number of carbonyl (C=O) groups is 1. The fraction of sp³-hybridized carbons (Fsp3) is 0.421. The molecule has 0 saturated carbocycles. The van der Waals surface area contributed by atoms with Gasteiger partial charge >= 0.3 is 12.2 Å². The SMILES string of the molecule is O=C(NCC1CCN(Cc2ccsc2)CC1)Nc1ccccc1C(F)(F)F. The van der Waals surface area contributed by atoms with Crippen LogP contribution in [0.2, 0.25) is 0 Å². The van der Waals surface area contributed by atoms with Gasteiger partial charge in [-0.25, -0.2) is 4.79 Å². The van der Waals surface area contributed by atoms with E-state index in [0.717, 1.165) is 38.5 Å². The molecule has 3 rings (SSSR count). The molecule has 2 N–H and O–H groups in total. The minimum Gasteiger partial charge on any atom is -0.338 e. The van der Waals surface area contributed by atoms with E-state index in [-0.39, 0.29) is 5.69 Å². The minimum atomic E-state index is -4.50. The van der Waals surface area contributed by atoms with E-state index in [1.165, 1.54) is 23.8 Å². The number of piperidine rings is 1. The highest BCUT2D eigenvalue weighted by Gasteiger charge is 2.33. The van der Waals surface area contributed by atoms with E-state index in [2.05, 4.69) is 32.4 Å². The number of nitrogens with zero attached hydrogens (tertiary/aromatic N) is 1. The van der Waals surface area contributed by atoms with Crippen molar-refractivity contribution in [2.45, 2.75) is 25.6 Å². The summed E-state index contributed by atoms with van der Waals surface area (Å²) in [6.45, 7) is 3.33. The number of halogens is 3. The highest BCUT2D eigenvalue weighted by atomic mass is 32.1. The first kappa shape index (κ1) is 19.7. The number of benzene rings is 1. The third-order valence-electron chi connectivity index (χ3n) is 4.73. The third kappa shape index (κ3) is 5.71. The van der Waals surface area contributed by atoms with Crippen molar-refractivity contribution in [1.82, 2.24) is 10.2 Å². The van der Waals surface area contributed by atoms with Gasteiger partial charge in [-0.1, -0.05) is 12.1 Å². The lowest BCUT2D eigenvalue weighted by molar-refractivity contribution is -0.136. The van der Waals surface area contributed by atoms with E-state index in [4.69, 9.17) is 0 Å². The maximum atomic E-state index is 13.0. The predicted octanol–water partition coefficient (Wildman–Crippen LogP) is 4.80. The number of urea groups is 1. The number of nitrogens with one attached hydrogen (secondary N) is 2. The molecule has 2 aromatic rings. The molecule has 0 atom stereocenters. The van der Waals surface area contributed by atoms with E-state index in [1.807, 2.05) is 0 Å². The molecule has 1 fully saturated rings. The van der Waals surface area contributed by atoms with Crippen molar-refractivity contribution in [3.8, 4) is 0 Å². The number of amides is 2. The molecule has 2 heterocycles. The first-order valence-corrected chi connectivity index (χ1v) is 9.80. The summed E-state index contributed by atoms with van der Waals surface area (Å²) >= 11 is 1.69. The molecule has 2 amide bonds. The maximum Gasteiger partial charge on any atom is 0.418 e. The molecule has 146 valence electrons. The van der Waals surface area contributed by atoms with Crippen LogP contribution < -0.4 is 10.6 Å². The molecule has 1 saturated heterocycles. The summed E-state index contributed by atoms with van der Waals surface area (Å²) in [6.07, 6.45) is -2.58. The Morgan fingerprint density at radius 2 is 1.93 bits per heavy atom. The first-order chi connectivity index (χ1) is 12.9. The Morgan fingerprint density at radius 1 is 1.19 bits per heavy atom. The second-order valence-electron chi connectivity index (χ2n) is 6.73. The van der Waals surface area contributed by atoms with Crippen molar-refractivity contribution in [3.63, 3.8) is 0 Å². The fourth-order valence-corrected chi connectivity index (χ4v) is 3.89. The first-order valence-electron chi connectivity index (χ1n) is 8.86. The van der Waals surface area contributed by atoms with Gasteiger partial charge in [0.25, 0.3) is 0 Å². The van der Waals surface area contributed by atoms with E-state index >= 15 is 0 Å². The van der Waals surface area contributed by atoms with Crippen LogP contribution in [0.25, 0.3) is 0 Å². The number of alkyl halides is 3. The lowest BCUT2D eigenvalue weighted by Gasteiger charge is -2.31. The number of hydrogen-bond donors (Lipinski definition) is 2. The Labute approximate surface area is 160 Å². The molecule has 0 unspecified atom stereocenters. The molecule has 0 bridgehead atoms. The average molecular weight is 397 g/mol. The van der Waals surface area contributed by atoms with Gasteiger partial charge in [-0.2, -0.15) is 24.5 Å². The van der Waals surface area contributed by atoms with Crippen LogP contribution in [-0.2, 0) is 12.7 Å². The number of likely N-dealkylation sites (tertiary alicyclic amines) is 1. The zero-order valence-electron chi connectivity index (χ0n) is 14.8. The van der Waals surface area contributed by atoms with Crippen LogP contribution in [0.3, 0.4) is 0 Å². The fourth-order valence-electron chi connectivity index (χ4n) is 3.23. The lowest BCUT2D eigenvalue weighted by atomic mass is 9.96. The number of hydrogen-bond acceptors (Lipinski definition) is 3. The largest absolute Gasteiger partial charge is 0.418 e. The quantitative estimate of drug-likeness (QED) is 0.761. The second-order valence-corrected chi connectivity index (χ2v) is 7.51. The summed E-state index contributed by atoms with van der Waals surface area (Å²) in [5.74, 6) is 0.340. The summed E-state index contributed by atoms with van der Waals surface area (Å²) in [6, 6.07) is 6.50. The van der Waals surface area contributed by atoms with Crippen LogP contribution in [0.15, 0.2) is 41.1 Å². The van der Waals surface area contributed by atoms with Gasteiger partial charge in [0.1, 0.15) is 0 Å². The van der Waals surface area contributed by atoms with E-state index in [9.17, 15) is 18.0 Å². The highest BCUT2D eigenvalue weighted by molar-refractivity contribution is 7.07. The summed E-state index contributed by atoms with van der Waals surface area (Å²) in [7, 11) is 0. The van der Waals surface area contributed by atoms with Crippen molar-refractivity contribution in [1.29, 1.82) is 0 Å². The van der Waals surface area contributed by atoms with Gasteiger partial charge in [-0.15, -0.1) is 0 Å². The Balaban J connectivity index is 1.43. The Bertz CT molecular complexity index is 741. The predicted molar refractivity (Wildman–Crippen MR) is 101 cm³/mol. The van der Waals surface area contributed by atoms with E-state index in [1.54, 1.807) is 11.3 Å². The van der Waals surface area contributed by atoms with Gasteiger partial charge in [0.2, 0.25) is 0 Å². The number of carbonyl (C=O) groups excluding carboxylic acids is 1. The summed E-state index contributed by atoms with van der Waals surface area (Å²) in [5.41, 5.74) is 0.245. The molecule has 1 aliphatic heterocycles. The van der Waals surface area contributed by atoms with Crippen LogP contribution in [-0.4, -0.2) is 30.6 Å². The summed E-state index contributed by atoms with van der Waals surface area (Å²) < 4.78 is 38.9. The van der Waals surface area contributed by atoms with Gasteiger partial charge in [0, 0.05) is 13.1 Å². The molecule has 27 heavy (non-hydrogen) atoms. The smallest absolute Gasteiger partial charge is 0.338 e. The van der Waals surface area contributed by atoms with Gasteiger partial charge in [-0.3, -0.25) is 4.90 Å². The maximum absolute atomic E-state index is 13.0. The Morgan fingerprint density at radius 3 is 2.59 bits per heavy atom. The monoisotopic (exact) mass is 397 g/mol. The number of anilines is 1. The molecule has 1 aromatic carbocycles. The molecule has 4 nitrogen and oxygen atoms in total. The zero-order chi connectivity index (χ0) is 19.3.